The number of rotatable bonds is 4. The van der Waals surface area contributed by atoms with Gasteiger partial charge in [0.2, 0.25) is 5.89 Å². The Hall–Kier alpha value is -1.86. The average molecular weight is 305 g/mol. The highest BCUT2D eigenvalue weighted by Gasteiger charge is 2.25. The molecule has 7 heteroatoms. The summed E-state index contributed by atoms with van der Waals surface area (Å²) in [5.41, 5.74) is 0.698. The van der Waals surface area contributed by atoms with E-state index in [1.807, 2.05) is 0 Å². The highest BCUT2D eigenvalue weighted by atomic mass is 19.1. The summed E-state index contributed by atoms with van der Waals surface area (Å²) in [6.07, 6.45) is 2.91. The van der Waals surface area contributed by atoms with E-state index in [4.69, 9.17) is 4.52 Å². The lowest BCUT2D eigenvalue weighted by molar-refractivity contribution is 0.0705. The van der Waals surface area contributed by atoms with Gasteiger partial charge in [0, 0.05) is 50.9 Å². The maximum Gasteiger partial charge on any atom is 0.223 e. The van der Waals surface area contributed by atoms with Gasteiger partial charge in [0.15, 0.2) is 5.82 Å². The fraction of sp³-hybridized carbons (Fsp3) is 0.533. The summed E-state index contributed by atoms with van der Waals surface area (Å²) in [5, 5.41) is 3.94. The van der Waals surface area contributed by atoms with Crippen molar-refractivity contribution in [3.8, 4) is 0 Å². The molecule has 118 valence electrons. The van der Waals surface area contributed by atoms with Gasteiger partial charge in [0.05, 0.1) is 12.7 Å². The van der Waals surface area contributed by atoms with E-state index in [1.165, 1.54) is 6.20 Å². The molecule has 1 saturated heterocycles. The number of aromatic nitrogens is 3. The standard InChI is InChI=1S/C15H20FN5O/c1-11-8-20(10-15-18-12(2)22-19-15)5-6-21(11)9-13-3-4-17-7-14(13)16/h3-4,7,11H,5-6,8-10H2,1-2H3. The Morgan fingerprint density at radius 1 is 1.36 bits per heavy atom. The Kier molecular flexibility index (Phi) is 4.44. The van der Waals surface area contributed by atoms with Gasteiger partial charge < -0.3 is 4.52 Å². The molecule has 0 bridgehead atoms. The van der Waals surface area contributed by atoms with Crippen LogP contribution in [-0.4, -0.2) is 50.6 Å². The van der Waals surface area contributed by atoms with Gasteiger partial charge in [0.1, 0.15) is 5.82 Å². The van der Waals surface area contributed by atoms with Gasteiger partial charge in [-0.05, 0) is 13.0 Å². The molecule has 0 aliphatic carbocycles. The molecule has 1 unspecified atom stereocenters. The van der Waals surface area contributed by atoms with E-state index in [9.17, 15) is 4.39 Å². The van der Waals surface area contributed by atoms with Crippen molar-refractivity contribution in [2.24, 2.45) is 0 Å². The van der Waals surface area contributed by atoms with Crippen molar-refractivity contribution in [1.82, 2.24) is 24.9 Å². The summed E-state index contributed by atoms with van der Waals surface area (Å²) in [7, 11) is 0. The summed E-state index contributed by atoms with van der Waals surface area (Å²) in [6, 6.07) is 2.09. The van der Waals surface area contributed by atoms with Crippen LogP contribution in [0.15, 0.2) is 23.0 Å². The molecule has 0 aromatic carbocycles. The molecule has 0 amide bonds. The molecule has 1 atom stereocenters. The van der Waals surface area contributed by atoms with Gasteiger partial charge in [0.25, 0.3) is 0 Å². The number of piperazine rings is 1. The maximum atomic E-state index is 13.7. The van der Waals surface area contributed by atoms with Gasteiger partial charge in [-0.15, -0.1) is 0 Å². The van der Waals surface area contributed by atoms with Crippen LogP contribution in [0.25, 0.3) is 0 Å². The molecule has 6 nitrogen and oxygen atoms in total. The number of pyridine rings is 1. The predicted octanol–water partition coefficient (Wildman–Crippen LogP) is 1.62. The molecule has 0 saturated carbocycles. The third-order valence-corrected chi connectivity index (χ3v) is 4.01. The molecule has 3 heterocycles. The van der Waals surface area contributed by atoms with Crippen molar-refractivity contribution in [2.45, 2.75) is 33.0 Å². The number of nitrogens with zero attached hydrogens (tertiary/aromatic N) is 5. The molecular formula is C15H20FN5O. The van der Waals surface area contributed by atoms with E-state index in [2.05, 4.69) is 31.8 Å². The van der Waals surface area contributed by atoms with Crippen molar-refractivity contribution in [1.29, 1.82) is 0 Å². The topological polar surface area (TPSA) is 58.3 Å². The Labute approximate surface area is 128 Å². The zero-order chi connectivity index (χ0) is 15.5. The van der Waals surface area contributed by atoms with Crippen LogP contribution in [0.2, 0.25) is 0 Å². The first-order valence-electron chi connectivity index (χ1n) is 7.46. The van der Waals surface area contributed by atoms with Gasteiger partial charge in [-0.2, -0.15) is 4.98 Å². The average Bonchev–Trinajstić information content (AvgIpc) is 2.89. The molecule has 2 aromatic heterocycles. The molecule has 22 heavy (non-hydrogen) atoms. The van der Waals surface area contributed by atoms with Gasteiger partial charge >= 0.3 is 0 Å². The number of hydrogen-bond acceptors (Lipinski definition) is 6. The van der Waals surface area contributed by atoms with Crippen LogP contribution in [0.3, 0.4) is 0 Å². The van der Waals surface area contributed by atoms with Gasteiger partial charge in [-0.1, -0.05) is 5.16 Å². The molecule has 0 radical (unpaired) electrons. The third-order valence-electron chi connectivity index (χ3n) is 4.01. The van der Waals surface area contributed by atoms with Crippen molar-refractivity contribution in [2.75, 3.05) is 19.6 Å². The van der Waals surface area contributed by atoms with E-state index in [0.717, 1.165) is 25.5 Å². The van der Waals surface area contributed by atoms with Crippen molar-refractivity contribution in [3.63, 3.8) is 0 Å². The largest absolute Gasteiger partial charge is 0.340 e. The van der Waals surface area contributed by atoms with Gasteiger partial charge in [-0.25, -0.2) is 4.39 Å². The van der Waals surface area contributed by atoms with Crippen LogP contribution in [-0.2, 0) is 13.1 Å². The fourth-order valence-corrected chi connectivity index (χ4v) is 2.81. The monoisotopic (exact) mass is 305 g/mol. The molecule has 1 aliphatic rings. The normalized spacial score (nSPS) is 20.4. The summed E-state index contributed by atoms with van der Waals surface area (Å²) >= 11 is 0. The summed E-state index contributed by atoms with van der Waals surface area (Å²) in [4.78, 5) is 12.6. The first-order valence-corrected chi connectivity index (χ1v) is 7.46. The summed E-state index contributed by atoms with van der Waals surface area (Å²) in [5.74, 6) is 1.08. The number of hydrogen-bond donors (Lipinski definition) is 0. The molecule has 2 aromatic rings. The highest BCUT2D eigenvalue weighted by Crippen LogP contribution is 2.16. The molecule has 1 fully saturated rings. The van der Waals surface area contributed by atoms with E-state index in [1.54, 1.807) is 19.2 Å². The second kappa shape index (κ2) is 6.50. The Morgan fingerprint density at radius 2 is 2.23 bits per heavy atom. The van der Waals surface area contributed by atoms with E-state index >= 15 is 0 Å². The SMILES string of the molecule is Cc1nc(CN2CCN(Cc3ccncc3F)C(C)C2)no1. The van der Waals surface area contributed by atoms with E-state index in [-0.39, 0.29) is 5.82 Å². The molecule has 1 aliphatic heterocycles. The first kappa shape index (κ1) is 15.1. The lowest BCUT2D eigenvalue weighted by Gasteiger charge is -2.39. The lowest BCUT2D eigenvalue weighted by Crippen LogP contribution is -2.51. The van der Waals surface area contributed by atoms with E-state index in [0.29, 0.717) is 30.6 Å². The van der Waals surface area contributed by atoms with E-state index < -0.39 is 0 Å². The highest BCUT2D eigenvalue weighted by molar-refractivity contribution is 5.12. The number of aryl methyl sites for hydroxylation is 1. The van der Waals surface area contributed by atoms with Gasteiger partial charge in [-0.3, -0.25) is 14.8 Å². The minimum absolute atomic E-state index is 0.237. The maximum absolute atomic E-state index is 13.7. The summed E-state index contributed by atoms with van der Waals surface area (Å²) in [6.45, 7) is 7.96. The van der Waals surface area contributed by atoms with Crippen LogP contribution in [0, 0.1) is 12.7 Å². The van der Waals surface area contributed by atoms with Crippen molar-refractivity contribution in [3.05, 3.63) is 41.6 Å². The first-order chi connectivity index (χ1) is 10.6. The predicted molar refractivity (Wildman–Crippen MR) is 78.4 cm³/mol. The minimum atomic E-state index is -0.237. The van der Waals surface area contributed by atoms with Crippen LogP contribution >= 0.6 is 0 Å². The minimum Gasteiger partial charge on any atom is -0.340 e. The Morgan fingerprint density at radius 3 is 2.91 bits per heavy atom. The molecule has 0 N–H and O–H groups in total. The summed E-state index contributed by atoms with van der Waals surface area (Å²) < 4.78 is 18.7. The molecule has 0 spiro atoms. The second-order valence-corrected chi connectivity index (χ2v) is 5.75. The Bertz CT molecular complexity index is 632. The second-order valence-electron chi connectivity index (χ2n) is 5.75. The molecule has 3 rings (SSSR count). The third kappa shape index (κ3) is 3.48. The Balaban J connectivity index is 1.57. The zero-order valence-corrected chi connectivity index (χ0v) is 12.9. The van der Waals surface area contributed by atoms with Crippen LogP contribution in [0.5, 0.6) is 0 Å². The van der Waals surface area contributed by atoms with Crippen LogP contribution in [0.4, 0.5) is 4.39 Å². The lowest BCUT2D eigenvalue weighted by atomic mass is 10.1. The molecular weight excluding hydrogens is 285 g/mol. The fourth-order valence-electron chi connectivity index (χ4n) is 2.81. The van der Waals surface area contributed by atoms with Crippen LogP contribution < -0.4 is 0 Å². The zero-order valence-electron chi connectivity index (χ0n) is 12.9. The van der Waals surface area contributed by atoms with Crippen LogP contribution in [0.1, 0.15) is 24.2 Å². The number of halogens is 1. The van der Waals surface area contributed by atoms with Crippen molar-refractivity contribution >= 4 is 0 Å². The quantitative estimate of drug-likeness (QED) is 0.855. The smallest absolute Gasteiger partial charge is 0.223 e. The van der Waals surface area contributed by atoms with Crippen molar-refractivity contribution < 1.29 is 8.91 Å².